The van der Waals surface area contributed by atoms with E-state index < -0.39 is 5.91 Å². The number of amides is 1. The van der Waals surface area contributed by atoms with Gasteiger partial charge < -0.3 is 19.5 Å². The van der Waals surface area contributed by atoms with Crippen molar-refractivity contribution in [3.8, 4) is 27.8 Å². The quantitative estimate of drug-likeness (QED) is 0.372. The van der Waals surface area contributed by atoms with Gasteiger partial charge in [0.1, 0.15) is 5.01 Å². The summed E-state index contributed by atoms with van der Waals surface area (Å²) in [4.78, 5) is 17.4. The van der Waals surface area contributed by atoms with Gasteiger partial charge in [-0.05, 0) is 60.7 Å². The molecule has 0 spiro atoms. The number of methoxy groups -OCH3 is 3. The van der Waals surface area contributed by atoms with E-state index in [0.717, 1.165) is 26.5 Å². The van der Waals surface area contributed by atoms with Gasteiger partial charge in [-0.1, -0.05) is 12.1 Å². The molecule has 0 bridgehead atoms. The molecule has 1 heterocycles. The van der Waals surface area contributed by atoms with Crippen molar-refractivity contribution in [3.05, 3.63) is 66.2 Å². The van der Waals surface area contributed by atoms with Crippen LogP contribution in [0.3, 0.4) is 0 Å². The second-order valence-electron chi connectivity index (χ2n) is 6.89. The number of ether oxygens (including phenoxy) is 3. The fourth-order valence-corrected chi connectivity index (χ4v) is 4.42. The number of carbonyl (C=O) groups is 1. The Morgan fingerprint density at radius 2 is 1.61 bits per heavy atom. The van der Waals surface area contributed by atoms with Crippen LogP contribution in [0, 0.1) is 0 Å². The highest BCUT2D eigenvalue weighted by Crippen LogP contribution is 2.38. The number of para-hydroxylation sites is 1. The molecule has 1 aromatic heterocycles. The first-order valence-corrected chi connectivity index (χ1v) is 11.1. The highest BCUT2D eigenvalue weighted by molar-refractivity contribution is 7.80. The molecule has 0 aliphatic carbocycles. The van der Waals surface area contributed by atoms with Crippen LogP contribution < -0.4 is 24.8 Å². The average Bonchev–Trinajstić information content (AvgIpc) is 3.27. The zero-order chi connectivity index (χ0) is 23.4. The first kappa shape index (κ1) is 22.5. The fourth-order valence-electron chi connectivity index (χ4n) is 3.24. The number of aromatic nitrogens is 1. The summed E-state index contributed by atoms with van der Waals surface area (Å²) < 4.78 is 17.0. The summed E-state index contributed by atoms with van der Waals surface area (Å²) in [5.41, 5.74) is 3.05. The van der Waals surface area contributed by atoms with Crippen LogP contribution in [0.4, 0.5) is 5.69 Å². The lowest BCUT2D eigenvalue weighted by molar-refractivity contribution is 0.0977. The lowest BCUT2D eigenvalue weighted by atomic mass is 10.1. The highest BCUT2D eigenvalue weighted by atomic mass is 32.1. The van der Waals surface area contributed by atoms with E-state index in [1.807, 2.05) is 42.5 Å². The number of thiazole rings is 1. The lowest BCUT2D eigenvalue weighted by Gasteiger charge is -2.14. The van der Waals surface area contributed by atoms with Gasteiger partial charge in [-0.25, -0.2) is 4.98 Å². The van der Waals surface area contributed by atoms with E-state index in [1.165, 1.54) is 21.3 Å². The Morgan fingerprint density at radius 1 is 0.939 bits per heavy atom. The Labute approximate surface area is 200 Å². The molecule has 0 aliphatic heterocycles. The number of benzene rings is 3. The Bertz CT molecular complexity index is 1260. The van der Waals surface area contributed by atoms with Crippen molar-refractivity contribution in [2.45, 2.75) is 0 Å². The molecule has 3 aromatic carbocycles. The third kappa shape index (κ3) is 4.89. The molecular weight excluding hydrogens is 458 g/mol. The molecule has 0 atom stereocenters. The Hall–Kier alpha value is -3.69. The third-order valence-electron chi connectivity index (χ3n) is 4.84. The standard InChI is InChI=1S/C24H21N3O4S2/c1-29-18-12-15(13-19(30-2)21(18)31-3)22(28)27-24(32)25-16-10-8-14(9-11-16)23-26-17-6-4-5-7-20(17)33-23/h4-13H,1-3H3,(H2,25,27,28,32). The van der Waals surface area contributed by atoms with Crippen molar-refractivity contribution in [1.82, 2.24) is 10.3 Å². The Kier molecular flexibility index (Phi) is 6.71. The minimum Gasteiger partial charge on any atom is -0.493 e. The number of fused-ring (bicyclic) bond motifs is 1. The van der Waals surface area contributed by atoms with Gasteiger partial charge in [-0.3, -0.25) is 10.1 Å². The topological polar surface area (TPSA) is 81.7 Å². The van der Waals surface area contributed by atoms with Crippen LogP contribution in [0.15, 0.2) is 60.7 Å². The van der Waals surface area contributed by atoms with E-state index in [4.69, 9.17) is 26.4 Å². The maximum atomic E-state index is 12.7. The minimum atomic E-state index is -0.405. The van der Waals surface area contributed by atoms with E-state index in [9.17, 15) is 4.79 Å². The van der Waals surface area contributed by atoms with Crippen LogP contribution >= 0.6 is 23.6 Å². The largest absolute Gasteiger partial charge is 0.493 e. The first-order chi connectivity index (χ1) is 16.0. The Morgan fingerprint density at radius 3 is 2.21 bits per heavy atom. The van der Waals surface area contributed by atoms with Gasteiger partial charge in [0.15, 0.2) is 16.6 Å². The van der Waals surface area contributed by atoms with Gasteiger partial charge in [0, 0.05) is 16.8 Å². The molecule has 0 unspecified atom stereocenters. The number of thiocarbonyl (C=S) groups is 1. The van der Waals surface area contributed by atoms with Crippen molar-refractivity contribution in [1.29, 1.82) is 0 Å². The number of rotatable bonds is 6. The predicted molar refractivity (Wildman–Crippen MR) is 135 cm³/mol. The van der Waals surface area contributed by atoms with Crippen molar-refractivity contribution in [2.24, 2.45) is 0 Å². The van der Waals surface area contributed by atoms with Crippen LogP contribution in [0.25, 0.3) is 20.8 Å². The van der Waals surface area contributed by atoms with Gasteiger partial charge in [-0.15, -0.1) is 11.3 Å². The van der Waals surface area contributed by atoms with Gasteiger partial charge in [0.05, 0.1) is 31.5 Å². The third-order valence-corrected chi connectivity index (χ3v) is 6.13. The van der Waals surface area contributed by atoms with Crippen LogP contribution in [-0.2, 0) is 0 Å². The maximum absolute atomic E-state index is 12.7. The van der Waals surface area contributed by atoms with Crippen molar-refractivity contribution in [3.63, 3.8) is 0 Å². The average molecular weight is 480 g/mol. The van der Waals surface area contributed by atoms with Gasteiger partial charge >= 0.3 is 0 Å². The summed E-state index contributed by atoms with van der Waals surface area (Å²) in [6.45, 7) is 0. The molecule has 0 fully saturated rings. The van der Waals surface area contributed by atoms with E-state index in [-0.39, 0.29) is 5.11 Å². The number of hydrogen-bond donors (Lipinski definition) is 2. The molecule has 0 aliphatic rings. The van der Waals surface area contributed by atoms with Crippen LogP contribution in [-0.4, -0.2) is 37.3 Å². The molecule has 168 valence electrons. The molecule has 4 rings (SSSR count). The molecule has 0 saturated heterocycles. The normalized spacial score (nSPS) is 10.5. The summed E-state index contributed by atoms with van der Waals surface area (Å²) in [6, 6.07) is 18.9. The second-order valence-corrected chi connectivity index (χ2v) is 8.33. The van der Waals surface area contributed by atoms with Crippen molar-refractivity contribution >= 4 is 50.5 Å². The highest BCUT2D eigenvalue weighted by Gasteiger charge is 2.17. The van der Waals surface area contributed by atoms with E-state index in [2.05, 4.69) is 21.7 Å². The number of anilines is 1. The minimum absolute atomic E-state index is 0.168. The lowest BCUT2D eigenvalue weighted by Crippen LogP contribution is -2.34. The Balaban J connectivity index is 1.44. The van der Waals surface area contributed by atoms with Crippen LogP contribution in [0.1, 0.15) is 10.4 Å². The maximum Gasteiger partial charge on any atom is 0.257 e. The summed E-state index contributed by atoms with van der Waals surface area (Å²) >= 11 is 6.95. The van der Waals surface area contributed by atoms with Crippen molar-refractivity contribution in [2.75, 3.05) is 26.6 Å². The number of nitrogens with one attached hydrogen (secondary N) is 2. The molecular formula is C24H21N3O4S2. The number of carbonyl (C=O) groups excluding carboxylic acids is 1. The molecule has 0 radical (unpaired) electrons. The fraction of sp³-hybridized carbons (Fsp3) is 0.125. The summed E-state index contributed by atoms with van der Waals surface area (Å²) in [5.74, 6) is 0.765. The molecule has 9 heteroatoms. The SMILES string of the molecule is COc1cc(C(=O)NC(=S)Nc2ccc(-c3nc4ccccc4s3)cc2)cc(OC)c1OC. The van der Waals surface area contributed by atoms with Crippen LogP contribution in [0.2, 0.25) is 0 Å². The second kappa shape index (κ2) is 9.85. The summed E-state index contributed by atoms with van der Waals surface area (Å²) in [7, 11) is 4.48. The van der Waals surface area contributed by atoms with E-state index in [0.29, 0.717) is 22.8 Å². The molecule has 0 saturated carbocycles. The van der Waals surface area contributed by atoms with Crippen LogP contribution in [0.5, 0.6) is 17.2 Å². The summed E-state index contributed by atoms with van der Waals surface area (Å²) in [6.07, 6.45) is 0. The molecule has 2 N–H and O–H groups in total. The molecule has 7 nitrogen and oxygen atoms in total. The zero-order valence-corrected chi connectivity index (χ0v) is 19.8. The first-order valence-electron chi connectivity index (χ1n) is 9.90. The zero-order valence-electron chi connectivity index (χ0n) is 18.2. The molecule has 33 heavy (non-hydrogen) atoms. The van der Waals surface area contributed by atoms with E-state index >= 15 is 0 Å². The van der Waals surface area contributed by atoms with Gasteiger partial charge in [0.2, 0.25) is 5.75 Å². The predicted octanol–water partition coefficient (Wildman–Crippen LogP) is 5.12. The van der Waals surface area contributed by atoms with E-state index in [1.54, 1.807) is 23.5 Å². The van der Waals surface area contributed by atoms with Crippen molar-refractivity contribution < 1.29 is 19.0 Å². The smallest absolute Gasteiger partial charge is 0.257 e. The number of hydrogen-bond acceptors (Lipinski definition) is 7. The van der Waals surface area contributed by atoms with Gasteiger partial charge in [0.25, 0.3) is 5.91 Å². The van der Waals surface area contributed by atoms with Gasteiger partial charge in [-0.2, -0.15) is 0 Å². The molecule has 4 aromatic rings. The number of nitrogens with zero attached hydrogens (tertiary/aromatic N) is 1. The summed E-state index contributed by atoms with van der Waals surface area (Å²) in [5, 5.41) is 6.80. The molecule has 1 amide bonds. The monoisotopic (exact) mass is 479 g/mol.